The van der Waals surface area contributed by atoms with Crippen LogP contribution in [0.25, 0.3) is 11.3 Å². The van der Waals surface area contributed by atoms with Crippen LogP contribution in [0.4, 0.5) is 0 Å². The first-order valence-corrected chi connectivity index (χ1v) is 8.62. The highest BCUT2D eigenvalue weighted by molar-refractivity contribution is 6.01. The number of carbonyl (C=O) groups is 2. The molecule has 3 aromatic rings. The second-order valence-electron chi connectivity index (χ2n) is 6.12. The summed E-state index contributed by atoms with van der Waals surface area (Å²) in [6, 6.07) is 17.4. The molecule has 0 bridgehead atoms. The molecule has 132 valence electrons. The van der Waals surface area contributed by atoms with Crippen molar-refractivity contribution in [3.63, 3.8) is 0 Å². The first kappa shape index (κ1) is 17.7. The molecule has 3 rings (SSSR count). The lowest BCUT2D eigenvalue weighted by Crippen LogP contribution is -2.09. The number of hydrogen-bond donors (Lipinski definition) is 1. The SMILES string of the molecule is CCc1c(-c2ccccc2C)[nH]c(C=O)c1C(=O)OCc1ccccc1. The maximum Gasteiger partial charge on any atom is 0.341 e. The average molecular weight is 347 g/mol. The quantitative estimate of drug-likeness (QED) is 0.518. The Hall–Kier alpha value is -3.14. The molecule has 1 aromatic heterocycles. The molecule has 26 heavy (non-hydrogen) atoms. The molecule has 0 aliphatic heterocycles. The minimum Gasteiger partial charge on any atom is -0.457 e. The van der Waals surface area contributed by atoms with E-state index in [4.69, 9.17) is 4.74 Å². The largest absolute Gasteiger partial charge is 0.457 e. The Morgan fingerprint density at radius 3 is 2.42 bits per heavy atom. The first-order chi connectivity index (χ1) is 12.7. The highest BCUT2D eigenvalue weighted by Gasteiger charge is 2.24. The summed E-state index contributed by atoms with van der Waals surface area (Å²) in [6.45, 7) is 4.14. The van der Waals surface area contributed by atoms with Crippen LogP contribution < -0.4 is 0 Å². The second kappa shape index (κ2) is 7.83. The third kappa shape index (κ3) is 3.45. The molecule has 0 fully saturated rings. The van der Waals surface area contributed by atoms with Crippen molar-refractivity contribution in [1.82, 2.24) is 4.98 Å². The van der Waals surface area contributed by atoms with Crippen LogP contribution in [0.3, 0.4) is 0 Å². The molecule has 0 radical (unpaired) electrons. The minimum absolute atomic E-state index is 0.173. The van der Waals surface area contributed by atoms with E-state index in [9.17, 15) is 9.59 Å². The molecule has 0 amide bonds. The number of H-pyrrole nitrogens is 1. The number of esters is 1. The molecule has 0 unspecified atom stereocenters. The fourth-order valence-electron chi connectivity index (χ4n) is 3.11. The van der Waals surface area contributed by atoms with E-state index in [-0.39, 0.29) is 12.3 Å². The summed E-state index contributed by atoms with van der Waals surface area (Å²) < 4.78 is 5.46. The Morgan fingerprint density at radius 1 is 1.08 bits per heavy atom. The van der Waals surface area contributed by atoms with Gasteiger partial charge in [-0.3, -0.25) is 4.79 Å². The summed E-state index contributed by atoms with van der Waals surface area (Å²) in [7, 11) is 0. The Morgan fingerprint density at radius 2 is 1.77 bits per heavy atom. The van der Waals surface area contributed by atoms with Gasteiger partial charge in [0.25, 0.3) is 0 Å². The predicted molar refractivity (Wildman–Crippen MR) is 101 cm³/mol. The smallest absolute Gasteiger partial charge is 0.341 e. The maximum absolute atomic E-state index is 12.7. The summed E-state index contributed by atoms with van der Waals surface area (Å²) >= 11 is 0. The summed E-state index contributed by atoms with van der Waals surface area (Å²) in [4.78, 5) is 27.4. The Kier molecular flexibility index (Phi) is 5.32. The molecule has 4 nitrogen and oxygen atoms in total. The van der Waals surface area contributed by atoms with Gasteiger partial charge >= 0.3 is 5.97 Å². The van der Waals surface area contributed by atoms with Crippen molar-refractivity contribution in [1.29, 1.82) is 0 Å². The van der Waals surface area contributed by atoms with Crippen LogP contribution in [0.1, 0.15) is 44.5 Å². The zero-order valence-corrected chi connectivity index (χ0v) is 14.9. The zero-order valence-electron chi connectivity index (χ0n) is 14.9. The third-order valence-electron chi connectivity index (χ3n) is 4.44. The molecule has 0 spiro atoms. The van der Waals surface area contributed by atoms with Crippen molar-refractivity contribution in [2.75, 3.05) is 0 Å². The molecule has 0 aliphatic rings. The monoisotopic (exact) mass is 347 g/mol. The first-order valence-electron chi connectivity index (χ1n) is 8.62. The molecule has 4 heteroatoms. The van der Waals surface area contributed by atoms with Gasteiger partial charge in [-0.2, -0.15) is 0 Å². The van der Waals surface area contributed by atoms with Gasteiger partial charge in [-0.05, 0) is 30.0 Å². The fraction of sp³-hybridized carbons (Fsp3) is 0.182. The van der Waals surface area contributed by atoms with Crippen molar-refractivity contribution in [3.05, 3.63) is 82.5 Å². The van der Waals surface area contributed by atoms with Gasteiger partial charge < -0.3 is 9.72 Å². The van der Waals surface area contributed by atoms with E-state index in [1.54, 1.807) is 0 Å². The number of aryl methyl sites for hydroxylation is 1. The van der Waals surface area contributed by atoms with E-state index < -0.39 is 5.97 Å². The molecule has 0 aliphatic carbocycles. The molecule has 2 aromatic carbocycles. The number of aldehydes is 1. The van der Waals surface area contributed by atoms with E-state index in [1.165, 1.54) is 0 Å². The van der Waals surface area contributed by atoms with Crippen LogP contribution in [-0.2, 0) is 17.8 Å². The van der Waals surface area contributed by atoms with E-state index in [2.05, 4.69) is 4.98 Å². The zero-order chi connectivity index (χ0) is 18.5. The number of rotatable bonds is 6. The molecular formula is C22H21NO3. The summed E-state index contributed by atoms with van der Waals surface area (Å²) in [5, 5.41) is 0. The molecule has 1 heterocycles. The van der Waals surface area contributed by atoms with Crippen LogP contribution in [0, 0.1) is 6.92 Å². The van der Waals surface area contributed by atoms with Gasteiger partial charge in [0.05, 0.1) is 17.0 Å². The number of aromatic amines is 1. The van der Waals surface area contributed by atoms with E-state index in [0.29, 0.717) is 18.3 Å². The van der Waals surface area contributed by atoms with Gasteiger partial charge in [-0.1, -0.05) is 61.5 Å². The molecule has 1 N–H and O–H groups in total. The van der Waals surface area contributed by atoms with Crippen molar-refractivity contribution < 1.29 is 14.3 Å². The summed E-state index contributed by atoms with van der Waals surface area (Å²) in [5.41, 5.74) is 5.16. The van der Waals surface area contributed by atoms with E-state index in [0.717, 1.165) is 27.9 Å². The maximum atomic E-state index is 12.7. The highest BCUT2D eigenvalue weighted by Crippen LogP contribution is 2.31. The predicted octanol–water partition coefficient (Wildman–Crippen LogP) is 4.72. The van der Waals surface area contributed by atoms with Crippen molar-refractivity contribution in [3.8, 4) is 11.3 Å². The third-order valence-corrected chi connectivity index (χ3v) is 4.44. The topological polar surface area (TPSA) is 59.2 Å². The number of hydrogen-bond acceptors (Lipinski definition) is 3. The highest BCUT2D eigenvalue weighted by atomic mass is 16.5. The summed E-state index contributed by atoms with van der Waals surface area (Å²) in [5.74, 6) is -0.483. The number of aromatic nitrogens is 1. The van der Waals surface area contributed by atoms with Gasteiger partial charge in [0.1, 0.15) is 6.61 Å². The van der Waals surface area contributed by atoms with Gasteiger partial charge in [-0.15, -0.1) is 0 Å². The Labute approximate surface area is 152 Å². The van der Waals surface area contributed by atoms with Crippen LogP contribution in [0.2, 0.25) is 0 Å². The lowest BCUT2D eigenvalue weighted by Gasteiger charge is -2.08. The summed E-state index contributed by atoms with van der Waals surface area (Å²) in [6.07, 6.45) is 1.30. The molecule has 0 atom stereocenters. The fourth-order valence-corrected chi connectivity index (χ4v) is 3.11. The van der Waals surface area contributed by atoms with Crippen molar-refractivity contribution >= 4 is 12.3 Å². The Balaban J connectivity index is 1.97. The Bertz CT molecular complexity index is 926. The van der Waals surface area contributed by atoms with Gasteiger partial charge in [-0.25, -0.2) is 4.79 Å². The van der Waals surface area contributed by atoms with Crippen molar-refractivity contribution in [2.45, 2.75) is 26.9 Å². The lowest BCUT2D eigenvalue weighted by atomic mass is 9.99. The normalized spacial score (nSPS) is 10.5. The van der Waals surface area contributed by atoms with Crippen LogP contribution in [-0.4, -0.2) is 17.2 Å². The van der Waals surface area contributed by atoms with Gasteiger partial charge in [0.15, 0.2) is 6.29 Å². The average Bonchev–Trinajstić information content (AvgIpc) is 3.06. The number of carbonyl (C=O) groups excluding carboxylic acids is 2. The van der Waals surface area contributed by atoms with Crippen LogP contribution in [0.15, 0.2) is 54.6 Å². The number of ether oxygens (including phenoxy) is 1. The van der Waals surface area contributed by atoms with Crippen molar-refractivity contribution in [2.24, 2.45) is 0 Å². The standard InChI is InChI=1S/C22H21NO3/c1-3-17-20(22(25)26-14-16-10-5-4-6-11-16)19(13-24)23-21(17)18-12-8-7-9-15(18)2/h4-13,23H,3,14H2,1-2H3. The minimum atomic E-state index is -0.483. The van der Waals surface area contributed by atoms with E-state index in [1.807, 2.05) is 68.4 Å². The van der Waals surface area contributed by atoms with Gasteiger partial charge in [0.2, 0.25) is 0 Å². The van der Waals surface area contributed by atoms with Crippen LogP contribution in [0.5, 0.6) is 0 Å². The molecular weight excluding hydrogens is 326 g/mol. The molecule has 0 saturated carbocycles. The second-order valence-corrected chi connectivity index (χ2v) is 6.12. The van der Waals surface area contributed by atoms with Gasteiger partial charge in [0, 0.05) is 5.56 Å². The lowest BCUT2D eigenvalue weighted by molar-refractivity contribution is 0.0470. The van der Waals surface area contributed by atoms with E-state index >= 15 is 0 Å². The number of benzene rings is 2. The number of nitrogens with one attached hydrogen (secondary N) is 1. The molecule has 0 saturated heterocycles. The van der Waals surface area contributed by atoms with Crippen LogP contribution >= 0.6 is 0 Å².